The molecule has 0 bridgehead atoms. The van der Waals surface area contributed by atoms with E-state index >= 15 is 0 Å². The molecule has 38 heavy (non-hydrogen) atoms. The van der Waals surface area contributed by atoms with E-state index in [2.05, 4.69) is 5.10 Å². The Bertz CT molecular complexity index is 1450. The Morgan fingerprint density at radius 2 is 1.68 bits per heavy atom. The number of ether oxygens (including phenoxy) is 1. The normalized spacial score (nSPS) is 15.3. The molecule has 194 valence electrons. The average Bonchev–Trinajstić information content (AvgIpc) is 3.33. The van der Waals surface area contributed by atoms with Gasteiger partial charge in [0, 0.05) is 23.9 Å². The molecule has 1 amide bonds. The molecule has 1 unspecified atom stereocenters. The summed E-state index contributed by atoms with van der Waals surface area (Å²) in [4.78, 5) is 20.1. The highest BCUT2D eigenvalue weighted by atomic mass is 35.5. The first-order valence-electron chi connectivity index (χ1n) is 11.7. The number of alkyl halides is 3. The molecule has 4 aromatic rings. The lowest BCUT2D eigenvalue weighted by Gasteiger charge is -2.33. The Labute approximate surface area is 221 Å². The number of halogens is 4. The predicted octanol–water partition coefficient (Wildman–Crippen LogP) is 6.57. The van der Waals surface area contributed by atoms with Crippen LogP contribution in [0.15, 0.2) is 90.1 Å². The summed E-state index contributed by atoms with van der Waals surface area (Å²) in [6.07, 6.45) is -3.09. The van der Waals surface area contributed by atoms with Gasteiger partial charge in [0.05, 0.1) is 41.7 Å². The maximum Gasteiger partial charge on any atom is 0.417 e. The molecule has 0 saturated carbocycles. The molecule has 0 N–H and O–H groups in total. The zero-order valence-electron chi connectivity index (χ0n) is 20.2. The molecular weight excluding hydrogens is 517 g/mol. The zero-order valence-corrected chi connectivity index (χ0v) is 20.9. The molecule has 0 radical (unpaired) electrons. The lowest BCUT2D eigenvalue weighted by atomic mass is 10.0. The van der Waals surface area contributed by atoms with Crippen molar-refractivity contribution in [1.82, 2.24) is 9.78 Å². The number of aliphatic imine (C=N–C) groups is 1. The van der Waals surface area contributed by atoms with Crippen LogP contribution in [0, 0.1) is 0 Å². The highest BCUT2D eigenvalue weighted by molar-refractivity contribution is 6.31. The van der Waals surface area contributed by atoms with E-state index < -0.39 is 28.7 Å². The van der Waals surface area contributed by atoms with Crippen LogP contribution in [-0.4, -0.2) is 41.7 Å². The van der Waals surface area contributed by atoms with Crippen LogP contribution in [0.4, 0.5) is 24.5 Å². The van der Waals surface area contributed by atoms with Crippen LogP contribution in [0.5, 0.6) is 0 Å². The summed E-state index contributed by atoms with van der Waals surface area (Å²) >= 11 is 5.97. The van der Waals surface area contributed by atoms with Gasteiger partial charge < -0.3 is 9.64 Å². The van der Waals surface area contributed by atoms with Crippen LogP contribution in [0.25, 0.3) is 0 Å². The monoisotopic (exact) mass is 538 g/mol. The standard InChI is InChI=1S/C28H22ClF3N4O2/c1-38-17-21-16-35(20-12-13-22(23(29)14-20)28(30,31)32)27(37)26-24(15-33-36(21)26)34-25(18-8-4-2-5-9-18)19-10-6-3-7-11-19/h2-15,21H,16-17H2,1H3. The van der Waals surface area contributed by atoms with Crippen LogP contribution < -0.4 is 4.90 Å². The number of carbonyl (C=O) groups is 1. The first kappa shape index (κ1) is 25.7. The summed E-state index contributed by atoms with van der Waals surface area (Å²) in [6, 6.07) is 22.0. The van der Waals surface area contributed by atoms with E-state index in [4.69, 9.17) is 21.3 Å². The van der Waals surface area contributed by atoms with Gasteiger partial charge in [-0.3, -0.25) is 9.48 Å². The van der Waals surface area contributed by atoms with E-state index in [-0.39, 0.29) is 24.5 Å². The highest BCUT2D eigenvalue weighted by Crippen LogP contribution is 2.38. The van der Waals surface area contributed by atoms with Crippen molar-refractivity contribution in [2.45, 2.75) is 12.2 Å². The van der Waals surface area contributed by atoms with Gasteiger partial charge in [0.2, 0.25) is 0 Å². The second-order valence-electron chi connectivity index (χ2n) is 8.70. The number of rotatable bonds is 6. The quantitative estimate of drug-likeness (QED) is 0.261. The van der Waals surface area contributed by atoms with Crippen LogP contribution in [0.2, 0.25) is 5.02 Å². The van der Waals surface area contributed by atoms with Crippen molar-refractivity contribution in [1.29, 1.82) is 0 Å². The Balaban J connectivity index is 1.62. The first-order chi connectivity index (χ1) is 18.3. The second kappa shape index (κ2) is 10.4. The minimum atomic E-state index is -4.61. The summed E-state index contributed by atoms with van der Waals surface area (Å²) < 4.78 is 46.7. The van der Waals surface area contributed by atoms with Crippen LogP contribution in [0.3, 0.4) is 0 Å². The van der Waals surface area contributed by atoms with E-state index in [1.54, 1.807) is 4.68 Å². The van der Waals surface area contributed by atoms with Gasteiger partial charge in [0.15, 0.2) is 5.69 Å². The lowest BCUT2D eigenvalue weighted by molar-refractivity contribution is -0.137. The van der Waals surface area contributed by atoms with E-state index in [1.807, 2.05) is 60.7 Å². The number of methoxy groups -OCH3 is 1. The van der Waals surface area contributed by atoms with E-state index in [1.165, 1.54) is 24.3 Å². The van der Waals surface area contributed by atoms with Crippen molar-refractivity contribution in [2.75, 3.05) is 25.2 Å². The number of amides is 1. The van der Waals surface area contributed by atoms with Crippen LogP contribution in [0.1, 0.15) is 33.2 Å². The summed E-state index contributed by atoms with van der Waals surface area (Å²) in [5.41, 5.74) is 2.16. The van der Waals surface area contributed by atoms with Crippen molar-refractivity contribution in [2.24, 2.45) is 4.99 Å². The Morgan fingerprint density at radius 1 is 1.05 bits per heavy atom. The predicted molar refractivity (Wildman–Crippen MR) is 139 cm³/mol. The third-order valence-electron chi connectivity index (χ3n) is 6.22. The molecule has 6 nitrogen and oxygen atoms in total. The van der Waals surface area contributed by atoms with Crippen molar-refractivity contribution in [3.63, 3.8) is 0 Å². The average molecular weight is 539 g/mol. The summed E-state index contributed by atoms with van der Waals surface area (Å²) in [5, 5.41) is 3.96. The number of carbonyl (C=O) groups excluding carboxylic acids is 1. The topological polar surface area (TPSA) is 59.7 Å². The smallest absolute Gasteiger partial charge is 0.382 e. The Morgan fingerprint density at radius 3 is 2.24 bits per heavy atom. The fourth-order valence-electron chi connectivity index (χ4n) is 4.47. The lowest BCUT2D eigenvalue weighted by Crippen LogP contribution is -2.44. The first-order valence-corrected chi connectivity index (χ1v) is 12.1. The molecule has 1 aromatic heterocycles. The highest BCUT2D eigenvalue weighted by Gasteiger charge is 2.37. The van der Waals surface area contributed by atoms with Crippen molar-refractivity contribution >= 4 is 34.6 Å². The van der Waals surface area contributed by atoms with Crippen molar-refractivity contribution < 1.29 is 22.7 Å². The second-order valence-corrected chi connectivity index (χ2v) is 9.11. The van der Waals surface area contributed by atoms with Gasteiger partial charge in [-0.05, 0) is 18.2 Å². The number of aromatic nitrogens is 2. The molecule has 0 aliphatic carbocycles. The zero-order chi connectivity index (χ0) is 26.9. The van der Waals surface area contributed by atoms with Gasteiger partial charge in [-0.2, -0.15) is 18.3 Å². The summed E-state index contributed by atoms with van der Waals surface area (Å²) in [7, 11) is 1.53. The van der Waals surface area contributed by atoms with E-state index in [0.717, 1.165) is 23.3 Å². The summed E-state index contributed by atoms with van der Waals surface area (Å²) in [5.74, 6) is -0.454. The van der Waals surface area contributed by atoms with E-state index in [0.29, 0.717) is 11.4 Å². The third kappa shape index (κ3) is 4.94. The number of fused-ring (bicyclic) bond motifs is 1. The molecule has 1 aliphatic rings. The fraction of sp³-hybridized carbons (Fsp3) is 0.179. The number of anilines is 1. The number of hydrogen-bond donors (Lipinski definition) is 0. The minimum Gasteiger partial charge on any atom is -0.382 e. The molecule has 3 aromatic carbocycles. The molecule has 1 aliphatic heterocycles. The van der Waals surface area contributed by atoms with Crippen LogP contribution >= 0.6 is 11.6 Å². The Hall–Kier alpha value is -3.95. The molecule has 2 heterocycles. The van der Waals surface area contributed by atoms with Gasteiger partial charge >= 0.3 is 6.18 Å². The molecule has 1 atom stereocenters. The molecular formula is C28H22ClF3N4O2. The molecule has 0 saturated heterocycles. The van der Waals surface area contributed by atoms with Crippen LogP contribution in [-0.2, 0) is 10.9 Å². The molecule has 0 fully saturated rings. The largest absolute Gasteiger partial charge is 0.417 e. The van der Waals surface area contributed by atoms with Gasteiger partial charge in [0.25, 0.3) is 5.91 Å². The van der Waals surface area contributed by atoms with E-state index in [9.17, 15) is 18.0 Å². The van der Waals surface area contributed by atoms with Crippen molar-refractivity contribution in [3.8, 4) is 0 Å². The number of hydrogen-bond acceptors (Lipinski definition) is 4. The van der Waals surface area contributed by atoms with Gasteiger partial charge in [-0.1, -0.05) is 72.3 Å². The summed E-state index contributed by atoms with van der Waals surface area (Å²) in [6.45, 7) is 0.358. The Kier molecular flexibility index (Phi) is 7.05. The fourth-order valence-corrected chi connectivity index (χ4v) is 4.75. The molecule has 5 rings (SSSR count). The number of benzene rings is 3. The third-order valence-corrected chi connectivity index (χ3v) is 6.53. The minimum absolute atomic E-state index is 0.135. The van der Waals surface area contributed by atoms with Gasteiger partial charge in [0.1, 0.15) is 5.69 Å². The molecule has 10 heteroatoms. The maximum absolute atomic E-state index is 13.8. The SMILES string of the molecule is COCC1CN(c2ccc(C(F)(F)F)c(Cl)c2)C(=O)c2c(N=C(c3ccccc3)c3ccccc3)cnn21. The molecule has 0 spiro atoms. The maximum atomic E-state index is 13.8. The van der Waals surface area contributed by atoms with Gasteiger partial charge in [-0.15, -0.1) is 0 Å². The van der Waals surface area contributed by atoms with Crippen molar-refractivity contribution in [3.05, 3.63) is 112 Å². The number of nitrogens with zero attached hydrogens (tertiary/aromatic N) is 4. The van der Waals surface area contributed by atoms with Gasteiger partial charge in [-0.25, -0.2) is 4.99 Å².